The van der Waals surface area contributed by atoms with Gasteiger partial charge in [0.05, 0.1) is 22.7 Å². The van der Waals surface area contributed by atoms with E-state index in [0.717, 1.165) is 17.7 Å². The SMILES string of the molecule is CC(C)S(=O)(=O)c1c(Oc2ccc(F)c(-c3ncc(C(C)(O)c4cccc(CCC(=O)O)c4)[nH]3)c2)c(F)cc2[nH]ccc12. The Kier molecular flexibility index (Phi) is 7.84. The number of ether oxygens (including phenoxy) is 1. The first-order valence-electron chi connectivity index (χ1n) is 13.4. The summed E-state index contributed by atoms with van der Waals surface area (Å²) in [7, 11) is -4.00. The van der Waals surface area contributed by atoms with Crippen molar-refractivity contribution in [3.05, 3.63) is 95.4 Å². The highest BCUT2D eigenvalue weighted by Crippen LogP contribution is 2.40. The summed E-state index contributed by atoms with van der Waals surface area (Å²) in [5.74, 6) is -3.06. The fraction of sp³-hybridized carbons (Fsp3) is 0.226. The Bertz CT molecular complexity index is 1950. The zero-order chi connectivity index (χ0) is 31.1. The molecular weight excluding hydrogens is 580 g/mol. The van der Waals surface area contributed by atoms with Gasteiger partial charge in [-0.2, -0.15) is 0 Å². The summed E-state index contributed by atoms with van der Waals surface area (Å²) in [4.78, 5) is 20.6. The van der Waals surface area contributed by atoms with Crippen molar-refractivity contribution in [1.29, 1.82) is 0 Å². The number of benzene rings is 3. The van der Waals surface area contributed by atoms with E-state index in [4.69, 9.17) is 9.84 Å². The number of carboxylic acids is 1. The smallest absolute Gasteiger partial charge is 0.303 e. The largest absolute Gasteiger partial charge is 0.481 e. The molecule has 2 aromatic heterocycles. The van der Waals surface area contributed by atoms with Gasteiger partial charge >= 0.3 is 5.97 Å². The minimum atomic E-state index is -4.00. The second kappa shape index (κ2) is 11.3. The number of aromatic nitrogens is 3. The highest BCUT2D eigenvalue weighted by atomic mass is 32.2. The molecule has 0 bridgehead atoms. The van der Waals surface area contributed by atoms with Crippen molar-refractivity contribution < 1.29 is 36.9 Å². The lowest BCUT2D eigenvalue weighted by molar-refractivity contribution is -0.136. The van der Waals surface area contributed by atoms with Gasteiger partial charge in [-0.3, -0.25) is 4.79 Å². The molecule has 0 aliphatic rings. The maximum Gasteiger partial charge on any atom is 0.303 e. The minimum Gasteiger partial charge on any atom is -0.481 e. The maximum atomic E-state index is 15.3. The number of nitrogens with zero attached hydrogens (tertiary/aromatic N) is 1. The van der Waals surface area contributed by atoms with E-state index in [1.807, 2.05) is 0 Å². The van der Waals surface area contributed by atoms with Crippen molar-refractivity contribution in [2.75, 3.05) is 0 Å². The van der Waals surface area contributed by atoms with Crippen molar-refractivity contribution in [2.45, 2.75) is 49.4 Å². The molecule has 0 aliphatic carbocycles. The zero-order valence-electron chi connectivity index (χ0n) is 23.5. The number of hydrogen-bond acceptors (Lipinski definition) is 6. The van der Waals surface area contributed by atoms with Crippen LogP contribution in [0, 0.1) is 11.6 Å². The van der Waals surface area contributed by atoms with Crippen LogP contribution in [-0.2, 0) is 26.7 Å². The number of aryl methyl sites for hydroxylation is 1. The van der Waals surface area contributed by atoms with Crippen LogP contribution in [0.25, 0.3) is 22.3 Å². The van der Waals surface area contributed by atoms with Gasteiger partial charge in [0.15, 0.2) is 21.4 Å². The maximum absolute atomic E-state index is 15.3. The summed E-state index contributed by atoms with van der Waals surface area (Å²) in [6, 6.07) is 13.1. The van der Waals surface area contributed by atoms with Gasteiger partial charge in [0, 0.05) is 29.6 Å². The third-order valence-corrected chi connectivity index (χ3v) is 9.47. The van der Waals surface area contributed by atoms with Crippen LogP contribution in [0.15, 0.2) is 71.9 Å². The normalized spacial score (nSPS) is 13.4. The number of halogens is 2. The van der Waals surface area contributed by atoms with Crippen LogP contribution < -0.4 is 4.74 Å². The standard InChI is InChI=1S/C31H29F2N3O6S/c1-17(2)43(40,41)29-21-11-12-34-25(21)15-24(33)28(29)42-20-8-9-23(32)22(14-20)30-35-16-26(36-30)31(3,39)19-6-4-5-18(13-19)7-10-27(37)38/h4-6,8-9,11-17,34,39H,7,10H2,1-3H3,(H,35,36)(H,37,38). The van der Waals surface area contributed by atoms with Crippen LogP contribution in [0.3, 0.4) is 0 Å². The van der Waals surface area contributed by atoms with Crippen LogP contribution in [-0.4, -0.2) is 44.8 Å². The van der Waals surface area contributed by atoms with Crippen LogP contribution in [0.1, 0.15) is 44.0 Å². The lowest BCUT2D eigenvalue weighted by Gasteiger charge is -2.23. The highest BCUT2D eigenvalue weighted by molar-refractivity contribution is 7.92. The summed E-state index contributed by atoms with van der Waals surface area (Å²) in [5, 5.41) is 19.8. The average molecular weight is 610 g/mol. The van der Waals surface area contributed by atoms with Gasteiger partial charge in [-0.15, -0.1) is 0 Å². The molecule has 4 N–H and O–H groups in total. The van der Waals surface area contributed by atoms with Crippen LogP contribution in [0.4, 0.5) is 8.78 Å². The van der Waals surface area contributed by atoms with Gasteiger partial charge in [-0.25, -0.2) is 22.2 Å². The van der Waals surface area contributed by atoms with E-state index in [0.29, 0.717) is 5.56 Å². The molecule has 1 atom stereocenters. The average Bonchev–Trinajstić information content (AvgIpc) is 3.63. The lowest BCUT2D eigenvalue weighted by atomic mass is 9.91. The number of H-pyrrole nitrogens is 2. The molecule has 0 saturated heterocycles. The van der Waals surface area contributed by atoms with Gasteiger partial charge < -0.3 is 24.9 Å². The molecule has 5 rings (SSSR count). The van der Waals surface area contributed by atoms with Crippen LogP contribution in [0.2, 0.25) is 0 Å². The number of aromatic amines is 2. The third kappa shape index (κ3) is 5.75. The topological polar surface area (TPSA) is 145 Å². The summed E-state index contributed by atoms with van der Waals surface area (Å²) in [5.41, 5.74) is 0.0532. The van der Waals surface area contributed by atoms with Gasteiger partial charge in [-0.1, -0.05) is 24.3 Å². The highest BCUT2D eigenvalue weighted by Gasteiger charge is 2.31. The molecule has 1 unspecified atom stereocenters. The summed E-state index contributed by atoms with van der Waals surface area (Å²) in [6.45, 7) is 4.48. The number of rotatable bonds is 10. The van der Waals surface area contributed by atoms with Crippen molar-refractivity contribution in [3.8, 4) is 22.9 Å². The summed E-state index contributed by atoms with van der Waals surface area (Å²) in [6.07, 6.45) is 3.06. The molecule has 2 heterocycles. The van der Waals surface area contributed by atoms with Crippen molar-refractivity contribution >= 4 is 26.7 Å². The molecule has 0 saturated carbocycles. The molecule has 43 heavy (non-hydrogen) atoms. The first-order valence-corrected chi connectivity index (χ1v) is 14.9. The van der Waals surface area contributed by atoms with Gasteiger partial charge in [0.2, 0.25) is 0 Å². The zero-order valence-corrected chi connectivity index (χ0v) is 24.3. The van der Waals surface area contributed by atoms with E-state index >= 15 is 8.78 Å². The molecule has 3 aromatic carbocycles. The monoisotopic (exact) mass is 609 g/mol. The Labute approximate surface area is 246 Å². The molecule has 5 aromatic rings. The summed E-state index contributed by atoms with van der Waals surface area (Å²) >= 11 is 0. The van der Waals surface area contributed by atoms with Crippen LogP contribution >= 0.6 is 0 Å². The van der Waals surface area contributed by atoms with E-state index in [1.165, 1.54) is 51.4 Å². The number of sulfone groups is 1. The van der Waals surface area contributed by atoms with Gasteiger partial charge in [-0.05, 0) is 62.6 Å². The molecule has 224 valence electrons. The molecule has 0 spiro atoms. The van der Waals surface area contributed by atoms with Gasteiger partial charge in [0.25, 0.3) is 0 Å². The second-order valence-electron chi connectivity index (χ2n) is 10.6. The molecule has 12 heteroatoms. The Morgan fingerprint density at radius 3 is 2.58 bits per heavy atom. The number of carboxylic acid groups (broad SMARTS) is 1. The lowest BCUT2D eigenvalue weighted by Crippen LogP contribution is -2.23. The number of hydrogen-bond donors (Lipinski definition) is 4. The Morgan fingerprint density at radius 1 is 1.09 bits per heavy atom. The van der Waals surface area contributed by atoms with E-state index in [-0.39, 0.29) is 51.5 Å². The molecule has 0 amide bonds. The number of aliphatic hydroxyl groups is 1. The molecule has 0 fully saturated rings. The molecular formula is C31H29F2N3O6S. The number of fused-ring (bicyclic) bond motifs is 1. The number of nitrogens with one attached hydrogen (secondary N) is 2. The van der Waals surface area contributed by atoms with Crippen molar-refractivity contribution in [1.82, 2.24) is 15.0 Å². The Balaban J connectivity index is 1.50. The fourth-order valence-corrected chi connectivity index (χ4v) is 6.10. The second-order valence-corrected chi connectivity index (χ2v) is 13.0. The molecule has 0 radical (unpaired) electrons. The molecule has 9 nitrogen and oxygen atoms in total. The minimum absolute atomic E-state index is 0.0387. The Hall–Kier alpha value is -4.55. The van der Waals surface area contributed by atoms with E-state index in [9.17, 15) is 18.3 Å². The Morgan fingerprint density at radius 2 is 1.86 bits per heavy atom. The number of imidazole rings is 1. The van der Waals surface area contributed by atoms with Crippen molar-refractivity contribution in [3.63, 3.8) is 0 Å². The quantitative estimate of drug-likeness (QED) is 0.150. The third-order valence-electron chi connectivity index (χ3n) is 7.25. The van der Waals surface area contributed by atoms with Crippen LogP contribution in [0.5, 0.6) is 11.5 Å². The first-order chi connectivity index (χ1) is 20.3. The predicted molar refractivity (Wildman–Crippen MR) is 156 cm³/mol. The van der Waals surface area contributed by atoms with E-state index < -0.39 is 44.0 Å². The fourth-order valence-electron chi connectivity index (χ4n) is 4.75. The van der Waals surface area contributed by atoms with Crippen molar-refractivity contribution in [2.24, 2.45) is 0 Å². The molecule has 0 aliphatic heterocycles. The van der Waals surface area contributed by atoms with E-state index in [2.05, 4.69) is 15.0 Å². The van der Waals surface area contributed by atoms with Gasteiger partial charge in [0.1, 0.15) is 27.9 Å². The first kappa shape index (κ1) is 29.9. The number of aliphatic carboxylic acids is 1. The number of carbonyl (C=O) groups is 1. The summed E-state index contributed by atoms with van der Waals surface area (Å²) < 4.78 is 62.7. The predicted octanol–water partition coefficient (Wildman–Crippen LogP) is 6.08. The van der Waals surface area contributed by atoms with E-state index in [1.54, 1.807) is 24.3 Å².